The maximum atomic E-state index is 5.54. The number of hydrogen-bond donors (Lipinski definition) is 1. The average Bonchev–Trinajstić information content (AvgIpc) is 2.84. The van der Waals surface area contributed by atoms with E-state index in [-0.39, 0.29) is 5.92 Å². The lowest BCUT2D eigenvalue weighted by molar-refractivity contribution is 0.418. The van der Waals surface area contributed by atoms with Crippen LogP contribution in [0.4, 0.5) is 0 Å². The number of rotatable bonds is 3. The van der Waals surface area contributed by atoms with Crippen LogP contribution in [0.3, 0.4) is 0 Å². The molecule has 0 saturated heterocycles. The van der Waals surface area contributed by atoms with Gasteiger partial charge in [-0.1, -0.05) is 12.1 Å². The Kier molecular flexibility index (Phi) is 2.83. The Bertz CT molecular complexity index is 449. The predicted octanol–water partition coefficient (Wildman–Crippen LogP) is 2.17. The zero-order valence-corrected chi connectivity index (χ0v) is 9.54. The minimum Gasteiger partial charge on any atom is -0.333 e. The maximum Gasteiger partial charge on any atom is 0.268 e. The number of nitrogens with zero attached hydrogens (tertiary/aromatic N) is 2. The third-order valence-corrected chi connectivity index (χ3v) is 3.30. The summed E-state index contributed by atoms with van der Waals surface area (Å²) in [5.41, 5.74) is 6.71. The SMILES string of the molecule is Cc1ccsc1-c1nc(C(C)CN)no1. The minimum atomic E-state index is 0.141. The highest BCUT2D eigenvalue weighted by atomic mass is 32.1. The lowest BCUT2D eigenvalue weighted by Gasteiger charge is -1.98. The van der Waals surface area contributed by atoms with Gasteiger partial charge < -0.3 is 10.3 Å². The van der Waals surface area contributed by atoms with Crippen LogP contribution in [0.15, 0.2) is 16.0 Å². The predicted molar refractivity (Wildman–Crippen MR) is 59.8 cm³/mol. The van der Waals surface area contributed by atoms with Crippen molar-refractivity contribution in [2.75, 3.05) is 6.54 Å². The Labute approximate surface area is 92.1 Å². The van der Waals surface area contributed by atoms with Gasteiger partial charge in [0, 0.05) is 12.5 Å². The molecule has 0 saturated carbocycles. The van der Waals surface area contributed by atoms with Gasteiger partial charge in [-0.3, -0.25) is 0 Å². The first-order valence-electron chi connectivity index (χ1n) is 4.80. The summed E-state index contributed by atoms with van der Waals surface area (Å²) in [5, 5.41) is 5.94. The Balaban J connectivity index is 2.32. The molecule has 2 aromatic heterocycles. The molecule has 0 amide bonds. The number of hydrogen-bond acceptors (Lipinski definition) is 5. The molecule has 5 heteroatoms. The van der Waals surface area contributed by atoms with Gasteiger partial charge in [-0.25, -0.2) is 0 Å². The largest absolute Gasteiger partial charge is 0.333 e. The quantitative estimate of drug-likeness (QED) is 0.866. The van der Waals surface area contributed by atoms with Gasteiger partial charge in [0.05, 0.1) is 4.88 Å². The number of aromatic nitrogens is 2. The fraction of sp³-hybridized carbons (Fsp3) is 0.400. The topological polar surface area (TPSA) is 64.9 Å². The second-order valence-corrected chi connectivity index (χ2v) is 4.44. The van der Waals surface area contributed by atoms with Crippen LogP contribution >= 0.6 is 11.3 Å². The average molecular weight is 223 g/mol. The molecule has 0 aromatic carbocycles. The third-order valence-electron chi connectivity index (χ3n) is 2.29. The van der Waals surface area contributed by atoms with Crippen molar-refractivity contribution >= 4 is 11.3 Å². The van der Waals surface area contributed by atoms with Gasteiger partial charge in [0.15, 0.2) is 5.82 Å². The van der Waals surface area contributed by atoms with Crippen molar-refractivity contribution in [2.45, 2.75) is 19.8 Å². The van der Waals surface area contributed by atoms with Crippen LogP contribution in [0.1, 0.15) is 24.2 Å². The van der Waals surface area contributed by atoms with Crippen LogP contribution in [0, 0.1) is 6.92 Å². The molecule has 0 aliphatic heterocycles. The molecule has 0 radical (unpaired) electrons. The summed E-state index contributed by atoms with van der Waals surface area (Å²) >= 11 is 1.61. The van der Waals surface area contributed by atoms with E-state index < -0.39 is 0 Å². The van der Waals surface area contributed by atoms with Crippen LogP contribution in [0.2, 0.25) is 0 Å². The first-order chi connectivity index (χ1) is 7.22. The molecule has 4 nitrogen and oxygen atoms in total. The molecular formula is C10H13N3OS. The molecule has 0 bridgehead atoms. The monoisotopic (exact) mass is 223 g/mol. The van der Waals surface area contributed by atoms with E-state index in [0.29, 0.717) is 18.3 Å². The molecule has 80 valence electrons. The number of nitrogens with two attached hydrogens (primary N) is 1. The van der Waals surface area contributed by atoms with Gasteiger partial charge in [0.1, 0.15) is 0 Å². The molecule has 0 aliphatic rings. The Morgan fingerprint density at radius 2 is 2.40 bits per heavy atom. The Morgan fingerprint density at radius 1 is 1.60 bits per heavy atom. The second kappa shape index (κ2) is 4.12. The fourth-order valence-corrected chi connectivity index (χ4v) is 2.07. The van der Waals surface area contributed by atoms with Crippen molar-refractivity contribution < 1.29 is 4.52 Å². The Hall–Kier alpha value is -1.20. The van der Waals surface area contributed by atoms with E-state index in [1.165, 1.54) is 0 Å². The first kappa shape index (κ1) is 10.3. The smallest absolute Gasteiger partial charge is 0.268 e. The highest BCUT2D eigenvalue weighted by molar-refractivity contribution is 7.13. The van der Waals surface area contributed by atoms with Crippen LogP contribution < -0.4 is 5.73 Å². The van der Waals surface area contributed by atoms with Crippen LogP contribution in [0.5, 0.6) is 0 Å². The highest BCUT2D eigenvalue weighted by Crippen LogP contribution is 2.28. The molecule has 1 atom stereocenters. The zero-order chi connectivity index (χ0) is 10.8. The van der Waals surface area contributed by atoms with Gasteiger partial charge in [-0.15, -0.1) is 11.3 Å². The van der Waals surface area contributed by atoms with Crippen molar-refractivity contribution in [1.82, 2.24) is 10.1 Å². The molecule has 2 aromatic rings. The van der Waals surface area contributed by atoms with Crippen molar-refractivity contribution in [3.05, 3.63) is 22.8 Å². The second-order valence-electron chi connectivity index (χ2n) is 3.53. The van der Waals surface area contributed by atoms with Gasteiger partial charge >= 0.3 is 0 Å². The van der Waals surface area contributed by atoms with E-state index in [0.717, 1.165) is 10.4 Å². The summed E-state index contributed by atoms with van der Waals surface area (Å²) in [4.78, 5) is 5.38. The summed E-state index contributed by atoms with van der Waals surface area (Å²) in [6.45, 7) is 4.54. The summed E-state index contributed by atoms with van der Waals surface area (Å²) in [6.07, 6.45) is 0. The minimum absolute atomic E-state index is 0.141. The van der Waals surface area contributed by atoms with Crippen molar-refractivity contribution in [2.24, 2.45) is 5.73 Å². The third kappa shape index (κ3) is 1.93. The lowest BCUT2D eigenvalue weighted by Crippen LogP contribution is -2.10. The van der Waals surface area contributed by atoms with E-state index in [1.807, 2.05) is 25.3 Å². The molecule has 2 heterocycles. The molecule has 2 N–H and O–H groups in total. The Morgan fingerprint density at radius 3 is 3.00 bits per heavy atom. The van der Waals surface area contributed by atoms with Gasteiger partial charge in [0.2, 0.25) is 0 Å². The summed E-state index contributed by atoms with van der Waals surface area (Å²) < 4.78 is 5.21. The molecule has 0 spiro atoms. The van der Waals surface area contributed by atoms with Crippen LogP contribution in [-0.2, 0) is 0 Å². The number of aryl methyl sites for hydroxylation is 1. The van der Waals surface area contributed by atoms with E-state index in [2.05, 4.69) is 10.1 Å². The van der Waals surface area contributed by atoms with E-state index in [4.69, 9.17) is 10.3 Å². The van der Waals surface area contributed by atoms with Crippen molar-refractivity contribution in [1.29, 1.82) is 0 Å². The normalized spacial score (nSPS) is 13.0. The molecule has 2 rings (SSSR count). The van der Waals surface area contributed by atoms with Gasteiger partial charge in [0.25, 0.3) is 5.89 Å². The van der Waals surface area contributed by atoms with Crippen molar-refractivity contribution in [3.8, 4) is 10.8 Å². The molecule has 15 heavy (non-hydrogen) atoms. The first-order valence-corrected chi connectivity index (χ1v) is 5.68. The molecular weight excluding hydrogens is 210 g/mol. The van der Waals surface area contributed by atoms with E-state index >= 15 is 0 Å². The molecule has 0 fully saturated rings. The van der Waals surface area contributed by atoms with Gasteiger partial charge in [-0.05, 0) is 23.9 Å². The lowest BCUT2D eigenvalue weighted by atomic mass is 10.2. The maximum absolute atomic E-state index is 5.54. The molecule has 1 unspecified atom stereocenters. The van der Waals surface area contributed by atoms with Crippen LogP contribution in [0.25, 0.3) is 10.8 Å². The van der Waals surface area contributed by atoms with E-state index in [9.17, 15) is 0 Å². The van der Waals surface area contributed by atoms with Gasteiger partial charge in [-0.2, -0.15) is 4.98 Å². The number of thiophene rings is 1. The van der Waals surface area contributed by atoms with Crippen molar-refractivity contribution in [3.63, 3.8) is 0 Å². The summed E-state index contributed by atoms with van der Waals surface area (Å²) in [6, 6.07) is 2.04. The zero-order valence-electron chi connectivity index (χ0n) is 8.73. The standard InChI is InChI=1S/C10H13N3OS/c1-6-3-4-15-8(6)10-12-9(13-14-10)7(2)5-11/h3-4,7H,5,11H2,1-2H3. The van der Waals surface area contributed by atoms with E-state index in [1.54, 1.807) is 11.3 Å². The summed E-state index contributed by atoms with van der Waals surface area (Å²) in [7, 11) is 0. The summed E-state index contributed by atoms with van der Waals surface area (Å²) in [5.74, 6) is 1.42. The van der Waals surface area contributed by atoms with Crippen LogP contribution in [-0.4, -0.2) is 16.7 Å². The fourth-order valence-electron chi connectivity index (χ4n) is 1.22. The molecule has 0 aliphatic carbocycles. The highest BCUT2D eigenvalue weighted by Gasteiger charge is 2.15.